The van der Waals surface area contributed by atoms with Crippen LogP contribution in [0.3, 0.4) is 0 Å². The van der Waals surface area contributed by atoms with E-state index in [4.69, 9.17) is 15.9 Å². The van der Waals surface area contributed by atoms with Crippen molar-refractivity contribution < 1.29 is 19.4 Å². The lowest BCUT2D eigenvalue weighted by Crippen LogP contribution is -2.47. The van der Waals surface area contributed by atoms with E-state index in [9.17, 15) is 9.18 Å². The molecule has 0 saturated carbocycles. The summed E-state index contributed by atoms with van der Waals surface area (Å²) in [5.41, 5.74) is 4.19. The quantitative estimate of drug-likeness (QED) is 0.613. The average Bonchev–Trinajstić information content (AvgIpc) is 2.22. The SMILES string of the molecule is NC(C=O)(CO)Cc1ccc(O)cc1F. The molecule has 4 N–H and O–H groups in total. The smallest absolute Gasteiger partial charge is 0.142 e. The van der Waals surface area contributed by atoms with Gasteiger partial charge in [-0.3, -0.25) is 0 Å². The molecule has 1 unspecified atom stereocenters. The third kappa shape index (κ3) is 2.74. The Morgan fingerprint density at radius 1 is 1.53 bits per heavy atom. The number of aliphatic hydroxyl groups excluding tert-OH is 1. The van der Waals surface area contributed by atoms with Gasteiger partial charge in [-0.2, -0.15) is 0 Å². The Morgan fingerprint density at radius 3 is 2.67 bits per heavy atom. The van der Waals surface area contributed by atoms with Crippen LogP contribution in [-0.2, 0) is 11.2 Å². The molecule has 4 nitrogen and oxygen atoms in total. The van der Waals surface area contributed by atoms with Crippen molar-refractivity contribution in [3.63, 3.8) is 0 Å². The van der Waals surface area contributed by atoms with Gasteiger partial charge in [0, 0.05) is 12.5 Å². The predicted molar refractivity (Wildman–Crippen MR) is 51.8 cm³/mol. The summed E-state index contributed by atoms with van der Waals surface area (Å²) in [7, 11) is 0. The molecular weight excluding hydrogens is 201 g/mol. The van der Waals surface area contributed by atoms with Gasteiger partial charge in [-0.05, 0) is 11.6 Å². The summed E-state index contributed by atoms with van der Waals surface area (Å²) in [5.74, 6) is -0.853. The lowest BCUT2D eigenvalue weighted by Gasteiger charge is -2.20. The van der Waals surface area contributed by atoms with Gasteiger partial charge in [-0.15, -0.1) is 0 Å². The molecule has 0 aliphatic heterocycles. The molecule has 0 saturated heterocycles. The molecule has 1 rings (SSSR count). The van der Waals surface area contributed by atoms with Crippen molar-refractivity contribution in [3.05, 3.63) is 29.6 Å². The molecule has 0 fully saturated rings. The van der Waals surface area contributed by atoms with E-state index in [0.717, 1.165) is 6.07 Å². The number of phenols is 1. The number of carbonyl (C=O) groups is 1. The number of aliphatic hydroxyl groups is 1. The van der Waals surface area contributed by atoms with Crippen LogP contribution in [0, 0.1) is 5.82 Å². The molecule has 0 radical (unpaired) electrons. The molecule has 0 aromatic heterocycles. The number of benzene rings is 1. The maximum absolute atomic E-state index is 13.2. The molecule has 0 spiro atoms. The number of hydrogen-bond acceptors (Lipinski definition) is 4. The molecule has 1 aromatic carbocycles. The van der Waals surface area contributed by atoms with Gasteiger partial charge < -0.3 is 20.7 Å². The minimum absolute atomic E-state index is 0.112. The van der Waals surface area contributed by atoms with E-state index < -0.39 is 18.0 Å². The summed E-state index contributed by atoms with van der Waals surface area (Å²) < 4.78 is 13.2. The number of phenolic OH excluding ortho intramolecular Hbond substituents is 1. The maximum Gasteiger partial charge on any atom is 0.142 e. The summed E-state index contributed by atoms with van der Waals surface area (Å²) >= 11 is 0. The van der Waals surface area contributed by atoms with E-state index in [-0.39, 0.29) is 17.7 Å². The molecule has 0 heterocycles. The highest BCUT2D eigenvalue weighted by Crippen LogP contribution is 2.18. The predicted octanol–water partition coefficient (Wildman–Crippen LogP) is -0.0375. The number of aldehydes is 1. The van der Waals surface area contributed by atoms with Gasteiger partial charge in [0.15, 0.2) is 0 Å². The van der Waals surface area contributed by atoms with Crippen molar-refractivity contribution in [2.75, 3.05) is 6.61 Å². The molecular formula is C10H12FNO3. The molecule has 1 aromatic rings. The number of carbonyl (C=O) groups excluding carboxylic acids is 1. The van der Waals surface area contributed by atoms with E-state index in [1.165, 1.54) is 12.1 Å². The maximum atomic E-state index is 13.2. The summed E-state index contributed by atoms with van der Waals surface area (Å²) in [6, 6.07) is 3.55. The van der Waals surface area contributed by atoms with Crippen molar-refractivity contribution in [1.82, 2.24) is 0 Å². The number of nitrogens with two attached hydrogens (primary N) is 1. The van der Waals surface area contributed by atoms with Crippen LogP contribution >= 0.6 is 0 Å². The van der Waals surface area contributed by atoms with E-state index in [1.54, 1.807) is 0 Å². The Labute approximate surface area is 86.1 Å². The van der Waals surface area contributed by atoms with Crippen LogP contribution in [0.5, 0.6) is 5.75 Å². The molecule has 0 aliphatic rings. The molecule has 5 heteroatoms. The van der Waals surface area contributed by atoms with Gasteiger partial charge >= 0.3 is 0 Å². The summed E-state index contributed by atoms with van der Waals surface area (Å²) in [4.78, 5) is 10.6. The Kier molecular flexibility index (Phi) is 3.39. The Hall–Kier alpha value is -1.46. The fourth-order valence-corrected chi connectivity index (χ4v) is 1.17. The van der Waals surface area contributed by atoms with Gasteiger partial charge in [0.05, 0.1) is 12.1 Å². The van der Waals surface area contributed by atoms with Crippen LogP contribution in [0.25, 0.3) is 0 Å². The van der Waals surface area contributed by atoms with Gasteiger partial charge in [0.2, 0.25) is 0 Å². The Bertz CT molecular complexity index is 370. The number of aromatic hydroxyl groups is 1. The van der Waals surface area contributed by atoms with Crippen molar-refractivity contribution in [1.29, 1.82) is 0 Å². The van der Waals surface area contributed by atoms with Gasteiger partial charge in [0.1, 0.15) is 17.9 Å². The summed E-state index contributed by atoms with van der Waals surface area (Å²) in [6.45, 7) is -0.559. The third-order valence-corrected chi connectivity index (χ3v) is 2.09. The first kappa shape index (κ1) is 11.6. The van der Waals surface area contributed by atoms with Crippen LogP contribution < -0.4 is 5.73 Å². The van der Waals surface area contributed by atoms with E-state index in [1.807, 2.05) is 0 Å². The minimum Gasteiger partial charge on any atom is -0.508 e. The molecule has 0 aliphatic carbocycles. The van der Waals surface area contributed by atoms with Crippen LogP contribution in [-0.4, -0.2) is 28.6 Å². The second kappa shape index (κ2) is 4.37. The fraction of sp³-hybridized carbons (Fsp3) is 0.300. The van der Waals surface area contributed by atoms with Gasteiger partial charge in [-0.1, -0.05) is 6.07 Å². The average molecular weight is 213 g/mol. The second-order valence-electron chi connectivity index (χ2n) is 3.46. The van der Waals surface area contributed by atoms with Crippen molar-refractivity contribution >= 4 is 6.29 Å². The molecule has 0 bridgehead atoms. The fourth-order valence-electron chi connectivity index (χ4n) is 1.17. The van der Waals surface area contributed by atoms with Crippen molar-refractivity contribution in [2.24, 2.45) is 5.73 Å². The molecule has 82 valence electrons. The number of rotatable bonds is 4. The zero-order valence-corrected chi connectivity index (χ0v) is 7.98. The van der Waals surface area contributed by atoms with E-state index >= 15 is 0 Å². The highest BCUT2D eigenvalue weighted by atomic mass is 19.1. The first-order chi connectivity index (χ1) is 7.00. The minimum atomic E-state index is -1.47. The molecule has 15 heavy (non-hydrogen) atoms. The monoisotopic (exact) mass is 213 g/mol. The van der Waals surface area contributed by atoms with Gasteiger partial charge in [-0.25, -0.2) is 4.39 Å². The van der Waals surface area contributed by atoms with Crippen molar-refractivity contribution in [2.45, 2.75) is 12.0 Å². The first-order valence-corrected chi connectivity index (χ1v) is 4.34. The summed E-state index contributed by atoms with van der Waals surface area (Å²) in [5, 5.41) is 17.8. The normalized spacial score (nSPS) is 14.6. The standard InChI is InChI=1S/C10H12FNO3/c11-9-3-8(15)2-1-7(9)4-10(12,5-13)6-14/h1-3,5,14-15H,4,6,12H2. The van der Waals surface area contributed by atoms with Crippen LogP contribution in [0.4, 0.5) is 4.39 Å². The van der Waals surface area contributed by atoms with Crippen LogP contribution in [0.15, 0.2) is 18.2 Å². The van der Waals surface area contributed by atoms with Gasteiger partial charge in [0.25, 0.3) is 0 Å². The lowest BCUT2D eigenvalue weighted by molar-refractivity contribution is -0.113. The third-order valence-electron chi connectivity index (χ3n) is 2.09. The topological polar surface area (TPSA) is 83.6 Å². The molecule has 1 atom stereocenters. The van der Waals surface area contributed by atoms with E-state index in [2.05, 4.69) is 0 Å². The first-order valence-electron chi connectivity index (χ1n) is 4.34. The highest BCUT2D eigenvalue weighted by molar-refractivity contribution is 5.64. The zero-order chi connectivity index (χ0) is 11.5. The van der Waals surface area contributed by atoms with Crippen LogP contribution in [0.1, 0.15) is 5.56 Å². The van der Waals surface area contributed by atoms with Crippen LogP contribution in [0.2, 0.25) is 0 Å². The largest absolute Gasteiger partial charge is 0.508 e. The highest BCUT2D eigenvalue weighted by Gasteiger charge is 2.25. The van der Waals surface area contributed by atoms with E-state index in [0.29, 0.717) is 6.29 Å². The summed E-state index contributed by atoms with van der Waals surface area (Å²) in [6.07, 6.45) is 0.276. The molecule has 0 amide bonds. The lowest BCUT2D eigenvalue weighted by atomic mass is 9.94. The Balaban J connectivity index is 2.94. The number of halogens is 1. The second-order valence-corrected chi connectivity index (χ2v) is 3.46. The van der Waals surface area contributed by atoms with Crippen molar-refractivity contribution in [3.8, 4) is 5.75 Å². The Morgan fingerprint density at radius 2 is 2.20 bits per heavy atom. The zero-order valence-electron chi connectivity index (χ0n) is 7.98. The number of hydrogen-bond donors (Lipinski definition) is 3.